The molecule has 6 unspecified atom stereocenters. The number of rotatable bonds is 74. The fraction of sp³-hybridized carbons (Fsp3) is 0.846. The molecule has 0 aliphatic heterocycles. The number of aliphatic imine (C=N–C) groups is 12. The molecular weight excluding hydrogens is 1740 g/mol. The second kappa shape index (κ2) is 80.0. The summed E-state index contributed by atoms with van der Waals surface area (Å²) in [4.78, 5) is 61.6. The standard InChI is InChI=1S/2C39H83N15O12/c2*1-8-39(27-64-24-30(55)21-52(15-9-46-33(40)58-2)16-10-47-34(41)59-3,28-65-25-31(56)22-53(17-11-48-35(42)60-4)18-12-49-36(43)61-5)29-66-26-32(57)23-54(19-13-50-37(44)62-6)20-14-51-38(45)63-7/h2*30-32,55-57H,8-29H2,1-7H3,(H2,40,46)(H2,41,47)(H2,42,48)(H2,43,49)(H2,44,50)(H2,45,51). The molecule has 0 saturated carbocycles. The van der Waals surface area contributed by atoms with Crippen molar-refractivity contribution in [3.63, 3.8) is 0 Å². The van der Waals surface area contributed by atoms with Gasteiger partial charge in [0.1, 0.15) is 0 Å². The van der Waals surface area contributed by atoms with E-state index in [0.717, 1.165) is 0 Å². The lowest BCUT2D eigenvalue weighted by molar-refractivity contribution is -0.104. The predicted molar refractivity (Wildman–Crippen MR) is 507 cm³/mol. The number of nitrogens with zero attached hydrogens (tertiary/aromatic N) is 18. The monoisotopic (exact) mass is 1910 g/mol. The summed E-state index contributed by atoms with van der Waals surface area (Å²) < 4.78 is 96.2. The summed E-state index contributed by atoms with van der Waals surface area (Å²) in [6.07, 6.45) is -4.41. The first-order valence-electron chi connectivity index (χ1n) is 43.1. The molecule has 0 bridgehead atoms. The zero-order chi connectivity index (χ0) is 99.2. The van der Waals surface area contributed by atoms with Gasteiger partial charge >= 0.3 is 0 Å². The average molecular weight is 1910 g/mol. The van der Waals surface area contributed by atoms with E-state index in [-0.39, 0.29) is 191 Å². The highest BCUT2D eigenvalue weighted by Gasteiger charge is 2.34. The van der Waals surface area contributed by atoms with Crippen molar-refractivity contribution in [1.29, 1.82) is 0 Å². The number of aliphatic hydroxyl groups is 6. The Bertz CT molecular complexity index is 2600. The maximum absolute atomic E-state index is 11.1. The predicted octanol–water partition coefficient (Wildman–Crippen LogP) is -9.62. The van der Waals surface area contributed by atoms with Crippen LogP contribution >= 0.6 is 0 Å². The number of aliphatic hydroxyl groups excluding tert-OH is 6. The van der Waals surface area contributed by atoms with Crippen LogP contribution in [-0.4, -0.2) is 530 Å². The van der Waals surface area contributed by atoms with Gasteiger partial charge in [0.15, 0.2) is 0 Å². The highest BCUT2D eigenvalue weighted by atomic mass is 16.5. The van der Waals surface area contributed by atoms with E-state index in [9.17, 15) is 30.6 Å². The summed E-state index contributed by atoms with van der Waals surface area (Å²) >= 11 is 0. The molecule has 0 amide bonds. The molecule has 0 spiro atoms. The number of amidine groups is 12. The molecule has 30 N–H and O–H groups in total. The van der Waals surface area contributed by atoms with E-state index < -0.39 is 47.5 Å². The third kappa shape index (κ3) is 68.5. The second-order valence-electron chi connectivity index (χ2n) is 29.6. The van der Waals surface area contributed by atoms with Crippen molar-refractivity contribution < 1.29 is 116 Å². The lowest BCUT2D eigenvalue weighted by Crippen LogP contribution is -2.43. The van der Waals surface area contributed by atoms with Crippen LogP contribution in [0, 0.1) is 10.8 Å². The normalized spacial score (nSPS) is 15.8. The number of hydrogen-bond donors (Lipinski definition) is 18. The maximum atomic E-state index is 11.1. The third-order valence-corrected chi connectivity index (χ3v) is 19.3. The Hall–Kier alpha value is -9.48. The minimum atomic E-state index is -0.909. The van der Waals surface area contributed by atoms with Crippen LogP contribution in [0.25, 0.3) is 0 Å². The van der Waals surface area contributed by atoms with Gasteiger partial charge in [-0.1, -0.05) is 13.8 Å². The Morgan fingerprint density at radius 1 is 0.205 bits per heavy atom. The van der Waals surface area contributed by atoms with Crippen molar-refractivity contribution in [2.75, 3.05) is 361 Å². The van der Waals surface area contributed by atoms with Gasteiger partial charge in [0.25, 0.3) is 72.3 Å². The molecule has 772 valence electrons. The van der Waals surface area contributed by atoms with Crippen LogP contribution in [0.3, 0.4) is 0 Å². The third-order valence-electron chi connectivity index (χ3n) is 19.3. The first-order chi connectivity index (χ1) is 63.2. The molecule has 132 heavy (non-hydrogen) atoms. The van der Waals surface area contributed by atoms with Crippen LogP contribution in [-0.2, 0) is 85.3 Å². The van der Waals surface area contributed by atoms with Crippen LogP contribution in [0.1, 0.15) is 26.7 Å². The van der Waals surface area contributed by atoms with E-state index in [4.69, 9.17) is 154 Å². The first kappa shape index (κ1) is 125. The molecule has 0 saturated heterocycles. The summed E-state index contributed by atoms with van der Waals surface area (Å²) in [5.41, 5.74) is 66.8. The fourth-order valence-electron chi connectivity index (χ4n) is 11.6. The van der Waals surface area contributed by atoms with Crippen LogP contribution in [0.5, 0.6) is 0 Å². The SMILES string of the molecule is CCC(COCC(O)CN(CCN=C(N)OC)CCN=C(N)OC)(COCC(O)CN(CCN=C(N)OC)CCN=C(N)OC)COCC(O)CN(CCN=C(N)OC)CCN=C(N)OC.CCC(COCC(O)CN(CCN=C(N)OC)CCN=C(N)OC)(COCC(O)CN(CCN=C(N)OC)CCN=C(N)OC)COCC(O)CN(CCN=C(N)OC)CCN=C(N)OC. The van der Waals surface area contributed by atoms with Gasteiger partial charge in [-0.2, -0.15) is 0 Å². The molecule has 0 fully saturated rings. The largest absolute Gasteiger partial charge is 0.469 e. The van der Waals surface area contributed by atoms with Crippen molar-refractivity contribution in [2.45, 2.75) is 63.3 Å². The molecule has 0 heterocycles. The summed E-state index contributed by atoms with van der Waals surface area (Å²) in [5.74, 6) is 0. The quantitative estimate of drug-likeness (QED) is 0.0199. The Morgan fingerprint density at radius 2 is 0.303 bits per heavy atom. The summed E-state index contributed by atoms with van der Waals surface area (Å²) in [6, 6.07) is 0.540. The molecule has 6 atom stereocenters. The van der Waals surface area contributed by atoms with E-state index in [1.54, 1.807) is 0 Å². The van der Waals surface area contributed by atoms with Gasteiger partial charge in [-0.05, 0) is 12.8 Å². The minimum Gasteiger partial charge on any atom is -0.469 e. The van der Waals surface area contributed by atoms with Gasteiger partial charge in [0.05, 0.1) is 280 Å². The Morgan fingerprint density at radius 3 is 0.386 bits per heavy atom. The summed E-state index contributed by atoms with van der Waals surface area (Å²) in [7, 11) is 17.1. The van der Waals surface area contributed by atoms with Crippen LogP contribution in [0.15, 0.2) is 59.9 Å². The van der Waals surface area contributed by atoms with Crippen molar-refractivity contribution in [3.8, 4) is 0 Å². The molecular formula is C78H166N30O24. The van der Waals surface area contributed by atoms with E-state index in [1.165, 1.54) is 85.3 Å². The molecule has 54 nitrogen and oxygen atoms in total. The van der Waals surface area contributed by atoms with E-state index in [2.05, 4.69) is 59.9 Å². The molecule has 0 aliphatic carbocycles. The van der Waals surface area contributed by atoms with Gasteiger partial charge in [-0.15, -0.1) is 0 Å². The van der Waals surface area contributed by atoms with Gasteiger partial charge in [-0.3, -0.25) is 29.4 Å². The van der Waals surface area contributed by atoms with Crippen LogP contribution < -0.4 is 68.8 Å². The molecule has 0 aliphatic rings. The van der Waals surface area contributed by atoms with Crippen molar-refractivity contribution >= 4 is 72.3 Å². The van der Waals surface area contributed by atoms with Crippen molar-refractivity contribution in [3.05, 3.63) is 0 Å². The van der Waals surface area contributed by atoms with Crippen LogP contribution in [0.4, 0.5) is 0 Å². The van der Waals surface area contributed by atoms with Gasteiger partial charge in [-0.25, -0.2) is 59.9 Å². The number of hydrogen-bond acceptors (Lipinski definition) is 42. The zero-order valence-corrected chi connectivity index (χ0v) is 80.6. The second-order valence-corrected chi connectivity index (χ2v) is 29.6. The number of ether oxygens (including phenoxy) is 18. The summed E-state index contributed by atoms with van der Waals surface area (Å²) in [5, 5.41) is 66.8. The molecule has 54 heteroatoms. The molecule has 0 rings (SSSR count). The van der Waals surface area contributed by atoms with E-state index >= 15 is 0 Å². The maximum Gasteiger partial charge on any atom is 0.281 e. The van der Waals surface area contributed by atoms with Crippen LogP contribution in [0.2, 0.25) is 0 Å². The smallest absolute Gasteiger partial charge is 0.281 e. The fourth-order valence-corrected chi connectivity index (χ4v) is 11.6. The highest BCUT2D eigenvalue weighted by Crippen LogP contribution is 2.27. The van der Waals surface area contributed by atoms with Gasteiger partial charge < -0.3 is 185 Å². The minimum absolute atomic E-state index is 0.0291. The number of methoxy groups -OCH3 is 12. The lowest BCUT2D eigenvalue weighted by Gasteiger charge is -2.34. The molecule has 0 radical (unpaired) electrons. The molecule has 0 aromatic heterocycles. The Balaban J connectivity index is 0. The molecule has 0 aromatic rings. The summed E-state index contributed by atoms with van der Waals surface area (Å²) in [6.45, 7) is 14.9. The van der Waals surface area contributed by atoms with Gasteiger partial charge in [0, 0.05) is 129 Å². The molecule has 0 aromatic carbocycles. The van der Waals surface area contributed by atoms with Crippen molar-refractivity contribution in [1.82, 2.24) is 29.4 Å². The Labute approximate surface area is 778 Å². The first-order valence-corrected chi connectivity index (χ1v) is 43.1. The van der Waals surface area contributed by atoms with Crippen molar-refractivity contribution in [2.24, 2.45) is 140 Å². The highest BCUT2D eigenvalue weighted by molar-refractivity contribution is 5.74. The lowest BCUT2D eigenvalue weighted by atomic mass is 9.88. The topological polar surface area (TPSA) is 768 Å². The zero-order valence-electron chi connectivity index (χ0n) is 80.6. The van der Waals surface area contributed by atoms with Gasteiger partial charge in [0.2, 0.25) is 0 Å². The number of nitrogens with two attached hydrogens (primary N) is 12. The van der Waals surface area contributed by atoms with E-state index in [0.29, 0.717) is 170 Å². The van der Waals surface area contributed by atoms with E-state index in [1.807, 2.05) is 43.2 Å². The Kier molecular flexibility index (Phi) is 75.5. The average Bonchev–Trinajstić information content (AvgIpc) is 0.870.